The maximum absolute atomic E-state index is 12.6. The molecule has 1 aliphatic carbocycles. The van der Waals surface area contributed by atoms with Crippen LogP contribution in [0.4, 0.5) is 0 Å². The Morgan fingerprint density at radius 1 is 1.32 bits per heavy atom. The molecule has 19 heavy (non-hydrogen) atoms. The molecule has 4 nitrogen and oxygen atoms in total. The van der Waals surface area contributed by atoms with Gasteiger partial charge in [0.2, 0.25) is 5.91 Å². The van der Waals surface area contributed by atoms with E-state index in [2.05, 4.69) is 13.8 Å². The van der Waals surface area contributed by atoms with Crippen molar-refractivity contribution in [1.82, 2.24) is 4.90 Å². The molecule has 0 aromatic rings. The van der Waals surface area contributed by atoms with Crippen LogP contribution in [0.25, 0.3) is 0 Å². The van der Waals surface area contributed by atoms with E-state index >= 15 is 0 Å². The topological polar surface area (TPSA) is 66.6 Å². The molecule has 1 aliphatic rings. The van der Waals surface area contributed by atoms with Crippen LogP contribution >= 0.6 is 0 Å². The first-order valence-electron chi connectivity index (χ1n) is 7.71. The molecule has 3 N–H and O–H groups in total. The van der Waals surface area contributed by atoms with Crippen molar-refractivity contribution in [3.63, 3.8) is 0 Å². The van der Waals surface area contributed by atoms with Crippen LogP contribution in [-0.4, -0.2) is 41.7 Å². The molecule has 1 saturated carbocycles. The van der Waals surface area contributed by atoms with Crippen LogP contribution in [0.15, 0.2) is 0 Å². The van der Waals surface area contributed by atoms with Crippen LogP contribution in [-0.2, 0) is 4.79 Å². The molecule has 0 aromatic carbocycles. The Kier molecular flexibility index (Phi) is 7.39. The lowest BCUT2D eigenvalue weighted by atomic mass is 9.91. The van der Waals surface area contributed by atoms with Crippen molar-refractivity contribution in [3.8, 4) is 0 Å². The monoisotopic (exact) mass is 270 g/mol. The molecule has 1 atom stereocenters. The summed E-state index contributed by atoms with van der Waals surface area (Å²) in [6.45, 7) is 5.14. The van der Waals surface area contributed by atoms with Crippen LogP contribution in [0, 0.1) is 11.8 Å². The highest BCUT2D eigenvalue weighted by Crippen LogP contribution is 2.25. The zero-order valence-electron chi connectivity index (χ0n) is 12.5. The van der Waals surface area contributed by atoms with Gasteiger partial charge in [-0.3, -0.25) is 4.79 Å². The number of carbonyl (C=O) groups excluding carboxylic acids is 1. The van der Waals surface area contributed by atoms with Crippen molar-refractivity contribution in [3.05, 3.63) is 0 Å². The van der Waals surface area contributed by atoms with E-state index < -0.39 is 0 Å². The second-order valence-corrected chi connectivity index (χ2v) is 6.11. The van der Waals surface area contributed by atoms with Crippen LogP contribution in [0.2, 0.25) is 0 Å². The minimum absolute atomic E-state index is 0.0429. The summed E-state index contributed by atoms with van der Waals surface area (Å²) < 4.78 is 0. The first kappa shape index (κ1) is 16.4. The van der Waals surface area contributed by atoms with Crippen LogP contribution < -0.4 is 5.73 Å². The van der Waals surface area contributed by atoms with Gasteiger partial charge in [0.1, 0.15) is 0 Å². The fourth-order valence-corrected chi connectivity index (χ4v) is 3.07. The molecule has 0 aromatic heterocycles. The van der Waals surface area contributed by atoms with Crippen molar-refractivity contribution in [2.45, 2.75) is 58.4 Å². The SMILES string of the molecule is CC(C)CC(CN)C(=O)N(CCO)C1CCCCC1. The Balaban J connectivity index is 2.69. The summed E-state index contributed by atoms with van der Waals surface area (Å²) in [7, 11) is 0. The maximum atomic E-state index is 12.6. The number of nitrogens with two attached hydrogens (primary N) is 1. The second kappa shape index (κ2) is 8.54. The smallest absolute Gasteiger partial charge is 0.227 e. The van der Waals surface area contributed by atoms with Crippen molar-refractivity contribution < 1.29 is 9.90 Å². The minimum Gasteiger partial charge on any atom is -0.395 e. The van der Waals surface area contributed by atoms with Crippen molar-refractivity contribution in [1.29, 1.82) is 0 Å². The fourth-order valence-electron chi connectivity index (χ4n) is 3.07. The number of nitrogens with zero attached hydrogens (tertiary/aromatic N) is 1. The lowest BCUT2D eigenvalue weighted by Crippen LogP contribution is -2.47. The highest BCUT2D eigenvalue weighted by molar-refractivity contribution is 5.79. The largest absolute Gasteiger partial charge is 0.395 e. The predicted molar refractivity (Wildman–Crippen MR) is 77.7 cm³/mol. The van der Waals surface area contributed by atoms with Crippen molar-refractivity contribution >= 4 is 5.91 Å². The normalized spacial score (nSPS) is 18.6. The number of carbonyl (C=O) groups is 1. The van der Waals surface area contributed by atoms with E-state index in [1.54, 1.807) is 0 Å². The molecule has 0 saturated heterocycles. The van der Waals surface area contributed by atoms with Gasteiger partial charge in [-0.2, -0.15) is 0 Å². The number of amides is 1. The molecule has 1 unspecified atom stereocenters. The van der Waals surface area contributed by atoms with E-state index in [-0.39, 0.29) is 18.4 Å². The molecule has 0 bridgehead atoms. The molecule has 1 fully saturated rings. The molecule has 0 aliphatic heterocycles. The summed E-state index contributed by atoms with van der Waals surface area (Å²) in [5.41, 5.74) is 5.78. The predicted octanol–water partition coefficient (Wildman–Crippen LogP) is 1.76. The van der Waals surface area contributed by atoms with Gasteiger partial charge in [-0.05, 0) is 25.2 Å². The molecule has 0 radical (unpaired) electrons. The zero-order valence-corrected chi connectivity index (χ0v) is 12.5. The summed E-state index contributed by atoms with van der Waals surface area (Å²) in [6.07, 6.45) is 6.64. The minimum atomic E-state index is -0.0894. The summed E-state index contributed by atoms with van der Waals surface area (Å²) in [5.74, 6) is 0.533. The van der Waals surface area contributed by atoms with E-state index in [1.807, 2.05) is 4.90 Å². The van der Waals surface area contributed by atoms with E-state index in [9.17, 15) is 9.90 Å². The molecule has 1 amide bonds. The Labute approximate surface area is 117 Å². The molecule has 1 rings (SSSR count). The van der Waals surface area contributed by atoms with Gasteiger partial charge in [0.05, 0.1) is 12.5 Å². The van der Waals surface area contributed by atoms with Crippen LogP contribution in [0.3, 0.4) is 0 Å². The third-order valence-corrected chi connectivity index (χ3v) is 4.03. The van der Waals surface area contributed by atoms with Crippen molar-refractivity contribution in [2.24, 2.45) is 17.6 Å². The Hall–Kier alpha value is -0.610. The number of aliphatic hydroxyl groups excluding tert-OH is 1. The van der Waals surface area contributed by atoms with Gasteiger partial charge in [-0.25, -0.2) is 0 Å². The van der Waals surface area contributed by atoms with Gasteiger partial charge in [-0.15, -0.1) is 0 Å². The third kappa shape index (κ3) is 5.11. The number of hydrogen-bond acceptors (Lipinski definition) is 3. The zero-order chi connectivity index (χ0) is 14.3. The molecule has 0 spiro atoms. The Morgan fingerprint density at radius 3 is 2.42 bits per heavy atom. The van der Waals surface area contributed by atoms with Gasteiger partial charge in [0.15, 0.2) is 0 Å². The number of rotatable bonds is 7. The molecule has 112 valence electrons. The summed E-state index contributed by atoms with van der Waals surface area (Å²) in [6, 6.07) is 0.314. The van der Waals surface area contributed by atoms with Crippen LogP contribution in [0.5, 0.6) is 0 Å². The summed E-state index contributed by atoms with van der Waals surface area (Å²) >= 11 is 0. The van der Waals surface area contributed by atoms with E-state index in [0.29, 0.717) is 25.0 Å². The highest BCUT2D eigenvalue weighted by Gasteiger charge is 2.29. The van der Waals surface area contributed by atoms with Gasteiger partial charge in [0, 0.05) is 19.1 Å². The lowest BCUT2D eigenvalue weighted by molar-refractivity contribution is -0.139. The van der Waals surface area contributed by atoms with E-state index in [0.717, 1.165) is 19.3 Å². The maximum Gasteiger partial charge on any atom is 0.227 e. The lowest BCUT2D eigenvalue weighted by Gasteiger charge is -2.36. The first-order valence-corrected chi connectivity index (χ1v) is 7.71. The quantitative estimate of drug-likeness (QED) is 0.741. The number of hydrogen-bond donors (Lipinski definition) is 2. The summed E-state index contributed by atoms with van der Waals surface area (Å²) in [5, 5.41) is 9.23. The second-order valence-electron chi connectivity index (χ2n) is 6.11. The summed E-state index contributed by atoms with van der Waals surface area (Å²) in [4.78, 5) is 14.5. The van der Waals surface area contributed by atoms with Gasteiger partial charge in [-0.1, -0.05) is 33.1 Å². The molecule has 0 heterocycles. The Bertz CT molecular complexity index is 263. The first-order chi connectivity index (χ1) is 9.10. The average Bonchev–Trinajstić information content (AvgIpc) is 2.42. The Morgan fingerprint density at radius 2 is 1.95 bits per heavy atom. The standard InChI is InChI=1S/C15H30N2O2/c1-12(2)10-13(11-16)15(19)17(8-9-18)14-6-4-3-5-7-14/h12-14,18H,3-11,16H2,1-2H3. The van der Waals surface area contributed by atoms with Gasteiger partial charge >= 0.3 is 0 Å². The molecular formula is C15H30N2O2. The molecular weight excluding hydrogens is 240 g/mol. The number of aliphatic hydroxyl groups is 1. The van der Waals surface area contributed by atoms with E-state index in [1.165, 1.54) is 19.3 Å². The molecule has 4 heteroatoms. The van der Waals surface area contributed by atoms with Gasteiger partial charge < -0.3 is 15.7 Å². The fraction of sp³-hybridized carbons (Fsp3) is 0.933. The highest BCUT2D eigenvalue weighted by atomic mass is 16.3. The van der Waals surface area contributed by atoms with Gasteiger partial charge in [0.25, 0.3) is 0 Å². The van der Waals surface area contributed by atoms with E-state index in [4.69, 9.17) is 5.73 Å². The van der Waals surface area contributed by atoms with Crippen molar-refractivity contribution in [2.75, 3.05) is 19.7 Å². The third-order valence-electron chi connectivity index (χ3n) is 4.03. The average molecular weight is 270 g/mol. The van der Waals surface area contributed by atoms with Crippen LogP contribution in [0.1, 0.15) is 52.4 Å².